The largest absolute Gasteiger partial charge is 0.423 e. The molecule has 42 heavy (non-hydrogen) atoms. The second kappa shape index (κ2) is 12.6. The fourth-order valence-corrected chi connectivity index (χ4v) is 5.47. The minimum absolute atomic E-state index is 0.0145. The number of benzene rings is 1. The van der Waals surface area contributed by atoms with Gasteiger partial charge in [-0.25, -0.2) is 0 Å². The Balaban J connectivity index is 1.21. The molecule has 1 atom stereocenters. The summed E-state index contributed by atoms with van der Waals surface area (Å²) in [7, 11) is 0. The average Bonchev–Trinajstić information content (AvgIpc) is 2.95. The summed E-state index contributed by atoms with van der Waals surface area (Å²) in [5, 5.41) is 23.0. The van der Waals surface area contributed by atoms with Crippen molar-refractivity contribution in [2.45, 2.75) is 44.1 Å². The van der Waals surface area contributed by atoms with Crippen LogP contribution >= 0.6 is 0 Å². The van der Waals surface area contributed by atoms with E-state index in [0.717, 1.165) is 18.2 Å². The number of hydrogen-bond acceptors (Lipinski definition) is 7. The standard InChI is InChI=1S/C27H30F6N6O3/c28-26(29,30)22-16-21(3-1-18(22)17-34)37-13-11-36(12-14-37)8-7-25(40)38-9-5-19(6-10-38)35-20-2-4-24(39(41)42)23(15-20)27(31,32)33/h2-4,15-16,18-19,35H,1,5-14H2. The van der Waals surface area contributed by atoms with Gasteiger partial charge in [-0.3, -0.25) is 19.8 Å². The Morgan fingerprint density at radius 2 is 1.71 bits per heavy atom. The third-order valence-corrected chi connectivity index (χ3v) is 7.82. The number of alkyl halides is 6. The predicted octanol–water partition coefficient (Wildman–Crippen LogP) is 4.94. The molecule has 2 saturated heterocycles. The lowest BCUT2D eigenvalue weighted by Crippen LogP contribution is -2.47. The van der Waals surface area contributed by atoms with E-state index in [0.29, 0.717) is 64.4 Å². The van der Waals surface area contributed by atoms with Crippen molar-refractivity contribution in [2.24, 2.45) is 5.92 Å². The van der Waals surface area contributed by atoms with Crippen LogP contribution in [0.25, 0.3) is 0 Å². The summed E-state index contributed by atoms with van der Waals surface area (Å²) in [4.78, 5) is 28.3. The van der Waals surface area contributed by atoms with Crippen LogP contribution in [-0.4, -0.2) is 83.6 Å². The first-order chi connectivity index (χ1) is 19.8. The Kier molecular flexibility index (Phi) is 9.34. The Morgan fingerprint density at radius 3 is 2.29 bits per heavy atom. The van der Waals surface area contributed by atoms with Crippen LogP contribution in [-0.2, 0) is 11.0 Å². The number of anilines is 1. The molecule has 3 aliphatic rings. The number of nitro benzene ring substituents is 1. The molecule has 1 unspecified atom stereocenters. The number of amides is 1. The number of carbonyl (C=O) groups excluding carboxylic acids is 1. The number of halogens is 6. The zero-order chi connectivity index (χ0) is 30.7. The Labute approximate surface area is 238 Å². The van der Waals surface area contributed by atoms with Crippen molar-refractivity contribution in [3.05, 3.63) is 57.3 Å². The Hall–Kier alpha value is -3.80. The maximum atomic E-state index is 13.4. The van der Waals surface area contributed by atoms with Gasteiger partial charge in [0, 0.05) is 75.7 Å². The third-order valence-electron chi connectivity index (χ3n) is 7.82. The minimum Gasteiger partial charge on any atom is -0.382 e. The zero-order valence-corrected chi connectivity index (χ0v) is 22.5. The number of likely N-dealkylation sites (tertiary alicyclic amines) is 1. The molecule has 0 bridgehead atoms. The van der Waals surface area contributed by atoms with Crippen LogP contribution in [0.5, 0.6) is 0 Å². The second-order valence-corrected chi connectivity index (χ2v) is 10.5. The Morgan fingerprint density at radius 1 is 1.05 bits per heavy atom. The molecule has 228 valence electrons. The van der Waals surface area contributed by atoms with Gasteiger partial charge in [0.2, 0.25) is 5.91 Å². The molecule has 0 saturated carbocycles. The van der Waals surface area contributed by atoms with Gasteiger partial charge in [-0.05, 0) is 37.5 Å². The molecule has 2 aliphatic heterocycles. The van der Waals surface area contributed by atoms with Gasteiger partial charge in [0.05, 0.1) is 22.5 Å². The molecule has 2 heterocycles. The molecular weight excluding hydrogens is 570 g/mol. The molecule has 0 aromatic heterocycles. The van der Waals surface area contributed by atoms with Crippen molar-refractivity contribution in [3.63, 3.8) is 0 Å². The smallest absolute Gasteiger partial charge is 0.382 e. The van der Waals surface area contributed by atoms with Crippen LogP contribution in [0.2, 0.25) is 0 Å². The number of nitriles is 1. The summed E-state index contributed by atoms with van der Waals surface area (Å²) in [5.41, 5.74) is -2.58. The van der Waals surface area contributed by atoms with E-state index in [2.05, 4.69) is 10.2 Å². The van der Waals surface area contributed by atoms with Crippen molar-refractivity contribution < 1.29 is 36.1 Å². The maximum Gasteiger partial charge on any atom is 0.423 e. The monoisotopic (exact) mass is 600 g/mol. The van der Waals surface area contributed by atoms with E-state index in [4.69, 9.17) is 5.26 Å². The molecule has 1 aliphatic carbocycles. The van der Waals surface area contributed by atoms with Crippen molar-refractivity contribution in [2.75, 3.05) is 51.1 Å². The summed E-state index contributed by atoms with van der Waals surface area (Å²) in [6.07, 6.45) is -5.43. The summed E-state index contributed by atoms with van der Waals surface area (Å²) >= 11 is 0. The van der Waals surface area contributed by atoms with Gasteiger partial charge in [-0.15, -0.1) is 0 Å². The number of nitrogens with zero attached hydrogens (tertiary/aromatic N) is 5. The summed E-state index contributed by atoms with van der Waals surface area (Å²) < 4.78 is 79.8. The van der Waals surface area contributed by atoms with E-state index in [-0.39, 0.29) is 30.5 Å². The van der Waals surface area contributed by atoms with Gasteiger partial charge in [-0.1, -0.05) is 6.08 Å². The lowest BCUT2D eigenvalue weighted by Gasteiger charge is -2.38. The topological polar surface area (TPSA) is 106 Å². The van der Waals surface area contributed by atoms with Crippen molar-refractivity contribution in [1.29, 1.82) is 5.26 Å². The van der Waals surface area contributed by atoms with Crippen LogP contribution in [0.1, 0.15) is 31.2 Å². The number of nitro groups is 1. The van der Waals surface area contributed by atoms with Crippen LogP contribution in [0.4, 0.5) is 37.7 Å². The number of carbonyl (C=O) groups is 1. The molecule has 1 amide bonds. The number of nitrogens with one attached hydrogen (secondary N) is 1. The van der Waals surface area contributed by atoms with E-state index in [1.165, 1.54) is 6.07 Å². The first kappa shape index (κ1) is 31.1. The minimum atomic E-state index is -4.87. The molecule has 0 spiro atoms. The van der Waals surface area contributed by atoms with Crippen molar-refractivity contribution in [3.8, 4) is 6.07 Å². The number of hydrogen-bond donors (Lipinski definition) is 1. The van der Waals surface area contributed by atoms with Crippen LogP contribution in [0, 0.1) is 27.4 Å². The molecule has 1 aromatic carbocycles. The lowest BCUT2D eigenvalue weighted by atomic mass is 9.90. The van der Waals surface area contributed by atoms with E-state index in [9.17, 15) is 41.3 Å². The molecule has 2 fully saturated rings. The normalized spacial score (nSPS) is 20.9. The molecular formula is C27H30F6N6O3. The number of rotatable bonds is 7. The SMILES string of the molecule is N#CC1CC=C(N2CCN(CCC(=O)N3CCC(Nc4ccc([N+](=O)[O-])c(C(F)(F)F)c4)CC3)CC2)C=C1C(F)(F)F. The highest BCUT2D eigenvalue weighted by atomic mass is 19.4. The number of piperidine rings is 1. The van der Waals surface area contributed by atoms with Gasteiger partial charge < -0.3 is 15.1 Å². The van der Waals surface area contributed by atoms with Crippen LogP contribution in [0.15, 0.2) is 41.6 Å². The predicted molar refractivity (Wildman–Crippen MR) is 140 cm³/mol. The molecule has 9 nitrogen and oxygen atoms in total. The molecule has 1 N–H and O–H groups in total. The molecule has 1 aromatic rings. The fourth-order valence-electron chi connectivity index (χ4n) is 5.47. The van der Waals surface area contributed by atoms with Gasteiger partial charge in [0.1, 0.15) is 5.56 Å². The van der Waals surface area contributed by atoms with E-state index < -0.39 is 40.0 Å². The summed E-state index contributed by atoms with van der Waals surface area (Å²) in [6.45, 7) is 3.45. The van der Waals surface area contributed by atoms with Crippen LogP contribution < -0.4 is 5.32 Å². The summed E-state index contributed by atoms with van der Waals surface area (Å²) in [6, 6.07) is 4.31. The maximum absolute atomic E-state index is 13.4. The average molecular weight is 601 g/mol. The molecule has 0 radical (unpaired) electrons. The fraction of sp³-hybridized carbons (Fsp3) is 0.556. The van der Waals surface area contributed by atoms with Crippen molar-refractivity contribution >= 4 is 17.3 Å². The van der Waals surface area contributed by atoms with Gasteiger partial charge in [-0.2, -0.15) is 31.6 Å². The number of allylic oxidation sites excluding steroid dienone is 3. The van der Waals surface area contributed by atoms with E-state index in [1.54, 1.807) is 17.0 Å². The first-order valence-electron chi connectivity index (χ1n) is 13.5. The van der Waals surface area contributed by atoms with Gasteiger partial charge >= 0.3 is 12.4 Å². The van der Waals surface area contributed by atoms with Gasteiger partial charge in [0.25, 0.3) is 5.69 Å². The highest BCUT2D eigenvalue weighted by Crippen LogP contribution is 2.39. The highest BCUT2D eigenvalue weighted by molar-refractivity contribution is 5.76. The van der Waals surface area contributed by atoms with Crippen molar-refractivity contribution in [1.82, 2.24) is 14.7 Å². The molecule has 15 heteroatoms. The number of piperazine rings is 1. The van der Waals surface area contributed by atoms with Gasteiger partial charge in [0.15, 0.2) is 0 Å². The van der Waals surface area contributed by atoms with E-state index >= 15 is 0 Å². The Bertz CT molecular complexity index is 1270. The second-order valence-electron chi connectivity index (χ2n) is 10.5. The summed E-state index contributed by atoms with van der Waals surface area (Å²) in [5.74, 6) is -1.26. The lowest BCUT2D eigenvalue weighted by molar-refractivity contribution is -0.388. The van der Waals surface area contributed by atoms with Crippen LogP contribution in [0.3, 0.4) is 0 Å². The zero-order valence-electron chi connectivity index (χ0n) is 22.5. The molecule has 4 rings (SSSR count). The van der Waals surface area contributed by atoms with E-state index in [1.807, 2.05) is 4.90 Å². The third kappa shape index (κ3) is 7.53. The highest BCUT2D eigenvalue weighted by Gasteiger charge is 2.41. The first-order valence-corrected chi connectivity index (χ1v) is 13.5. The quantitative estimate of drug-likeness (QED) is 0.269.